The molecule has 0 bridgehead atoms. The van der Waals surface area contributed by atoms with Crippen molar-refractivity contribution in [3.8, 4) is 0 Å². The summed E-state index contributed by atoms with van der Waals surface area (Å²) in [5.41, 5.74) is 0. The third-order valence-electron chi connectivity index (χ3n) is 12.2. The fourth-order valence-electron chi connectivity index (χ4n) is 8.05. The first kappa shape index (κ1) is 57.4. The van der Waals surface area contributed by atoms with E-state index in [1.54, 1.807) is 6.08 Å². The Balaban J connectivity index is 2.29. The lowest BCUT2D eigenvalue weighted by Crippen LogP contribution is -2.60. The van der Waals surface area contributed by atoms with Crippen LogP contribution in [-0.2, 0) is 14.3 Å². The number of unbranched alkanes of at least 4 members (excludes halogenated alkanes) is 29. The highest BCUT2D eigenvalue weighted by molar-refractivity contribution is 5.76. The van der Waals surface area contributed by atoms with Gasteiger partial charge in [0.1, 0.15) is 24.4 Å². The van der Waals surface area contributed by atoms with Gasteiger partial charge in [0.25, 0.3) is 0 Å². The number of ether oxygens (including phenoxy) is 2. The summed E-state index contributed by atoms with van der Waals surface area (Å²) in [7, 11) is 0. The van der Waals surface area contributed by atoms with Crippen LogP contribution in [0.2, 0.25) is 0 Å². The molecular weight excluding hydrogens is 767 g/mol. The van der Waals surface area contributed by atoms with Gasteiger partial charge in [0, 0.05) is 6.42 Å². The second-order valence-electron chi connectivity index (χ2n) is 18.0. The Kier molecular flexibility index (Phi) is 39.9. The smallest absolute Gasteiger partial charge is 0.220 e. The summed E-state index contributed by atoms with van der Waals surface area (Å²) in [6.45, 7) is 3.75. The van der Waals surface area contributed by atoms with E-state index in [-0.39, 0.29) is 12.5 Å². The Morgan fingerprint density at radius 2 is 0.934 bits per heavy atom. The van der Waals surface area contributed by atoms with Crippen LogP contribution in [0.15, 0.2) is 36.5 Å². The van der Waals surface area contributed by atoms with Crippen molar-refractivity contribution in [2.75, 3.05) is 13.2 Å². The molecule has 0 aromatic heterocycles. The van der Waals surface area contributed by atoms with Gasteiger partial charge < -0.3 is 40.3 Å². The minimum atomic E-state index is -1.57. The molecule has 1 aliphatic heterocycles. The number of hydrogen-bond acceptors (Lipinski definition) is 8. The monoisotopic (exact) mass is 864 g/mol. The van der Waals surface area contributed by atoms with Crippen LogP contribution in [0.1, 0.15) is 232 Å². The zero-order chi connectivity index (χ0) is 44.4. The van der Waals surface area contributed by atoms with Crippen molar-refractivity contribution in [1.82, 2.24) is 5.32 Å². The number of rotatable bonds is 43. The summed E-state index contributed by atoms with van der Waals surface area (Å²) in [4.78, 5) is 12.9. The second-order valence-corrected chi connectivity index (χ2v) is 18.0. The second kappa shape index (κ2) is 42.4. The molecule has 0 aliphatic carbocycles. The Morgan fingerprint density at radius 1 is 0.541 bits per heavy atom. The van der Waals surface area contributed by atoms with Gasteiger partial charge in [-0.05, 0) is 57.8 Å². The van der Waals surface area contributed by atoms with E-state index in [0.29, 0.717) is 6.42 Å². The van der Waals surface area contributed by atoms with Gasteiger partial charge in [-0.1, -0.05) is 204 Å². The van der Waals surface area contributed by atoms with E-state index >= 15 is 0 Å². The molecule has 0 saturated carbocycles. The van der Waals surface area contributed by atoms with Crippen molar-refractivity contribution in [3.05, 3.63) is 36.5 Å². The van der Waals surface area contributed by atoms with Crippen LogP contribution in [0.25, 0.3) is 0 Å². The summed E-state index contributed by atoms with van der Waals surface area (Å²) in [5.74, 6) is -0.203. The number of aliphatic hydroxyl groups is 5. The molecule has 1 amide bonds. The van der Waals surface area contributed by atoms with Crippen LogP contribution < -0.4 is 5.32 Å². The van der Waals surface area contributed by atoms with Crippen molar-refractivity contribution in [2.45, 2.75) is 275 Å². The highest BCUT2D eigenvalue weighted by Gasteiger charge is 2.44. The summed E-state index contributed by atoms with van der Waals surface area (Å²) in [5, 5.41) is 54.2. The van der Waals surface area contributed by atoms with E-state index < -0.39 is 49.5 Å². The molecule has 6 N–H and O–H groups in total. The zero-order valence-corrected chi connectivity index (χ0v) is 39.4. The van der Waals surface area contributed by atoms with Gasteiger partial charge in [-0.2, -0.15) is 0 Å². The van der Waals surface area contributed by atoms with E-state index in [0.717, 1.165) is 51.4 Å². The fourth-order valence-corrected chi connectivity index (χ4v) is 8.05. The fraction of sp³-hybridized carbons (Fsp3) is 0.865. The van der Waals surface area contributed by atoms with E-state index in [4.69, 9.17) is 9.47 Å². The molecule has 1 aliphatic rings. The predicted molar refractivity (Wildman–Crippen MR) is 253 cm³/mol. The van der Waals surface area contributed by atoms with Crippen molar-refractivity contribution >= 4 is 5.91 Å². The molecule has 358 valence electrons. The quantitative estimate of drug-likeness (QED) is 0.0262. The molecule has 1 heterocycles. The Hall–Kier alpha value is -1.59. The van der Waals surface area contributed by atoms with Gasteiger partial charge in [0.05, 0.1) is 25.4 Å². The number of aliphatic hydroxyl groups excluding tert-OH is 5. The number of allylic oxidation sites excluding steroid dienone is 5. The van der Waals surface area contributed by atoms with Crippen LogP contribution in [0.4, 0.5) is 0 Å². The summed E-state index contributed by atoms with van der Waals surface area (Å²) >= 11 is 0. The van der Waals surface area contributed by atoms with E-state index in [1.165, 1.54) is 161 Å². The third-order valence-corrected chi connectivity index (χ3v) is 12.2. The Bertz CT molecular complexity index is 1050. The molecule has 0 aromatic carbocycles. The number of carbonyl (C=O) groups excluding carboxylic acids is 1. The van der Waals surface area contributed by atoms with Gasteiger partial charge in [0.15, 0.2) is 6.29 Å². The zero-order valence-electron chi connectivity index (χ0n) is 39.4. The lowest BCUT2D eigenvalue weighted by atomic mass is 9.99. The number of amides is 1. The average molecular weight is 864 g/mol. The summed E-state index contributed by atoms with van der Waals surface area (Å²) in [6, 6.07) is -0.828. The first-order valence-corrected chi connectivity index (χ1v) is 25.7. The van der Waals surface area contributed by atoms with Crippen molar-refractivity contribution in [3.63, 3.8) is 0 Å². The van der Waals surface area contributed by atoms with Gasteiger partial charge in [-0.15, -0.1) is 0 Å². The standard InChI is InChI=1S/C52H97NO8/c1-3-5-7-9-11-13-15-17-18-19-20-21-22-23-24-25-26-27-28-30-31-33-35-37-39-41-46(55)45(44-60-52-51(59)50(58)49(57)47(43-54)61-52)53-48(56)42-40-38-36-34-32-29-16-14-12-10-8-6-4-2/h29,31-33,39,41,45-47,49-52,54-55,57-59H,3-28,30,34-38,40,42-44H2,1-2H3,(H,53,56)/b32-29-,33-31+,41-39+. The molecule has 0 spiro atoms. The summed E-state index contributed by atoms with van der Waals surface area (Å²) in [6.07, 6.45) is 46.4. The van der Waals surface area contributed by atoms with Crippen molar-refractivity contribution in [2.24, 2.45) is 0 Å². The first-order chi connectivity index (χ1) is 29.8. The maximum absolute atomic E-state index is 12.9. The molecule has 1 rings (SSSR count). The van der Waals surface area contributed by atoms with Crippen LogP contribution >= 0.6 is 0 Å². The normalized spacial score (nSPS) is 20.7. The third kappa shape index (κ3) is 32.7. The highest BCUT2D eigenvalue weighted by atomic mass is 16.7. The van der Waals surface area contributed by atoms with Crippen LogP contribution in [0.3, 0.4) is 0 Å². The lowest BCUT2D eigenvalue weighted by Gasteiger charge is -2.40. The maximum Gasteiger partial charge on any atom is 0.220 e. The maximum atomic E-state index is 12.9. The molecule has 1 saturated heterocycles. The SMILES string of the molecule is CCCCCCCC/C=C\CCCCCC(=O)NC(COC1OC(CO)C(O)C(O)C1O)C(O)/C=C/CC/C=C/CCCCCCCCCCCCCCCCCCCCC. The topological polar surface area (TPSA) is 149 Å². The van der Waals surface area contributed by atoms with Gasteiger partial charge >= 0.3 is 0 Å². The predicted octanol–water partition coefficient (Wildman–Crippen LogP) is 11.6. The molecule has 1 fully saturated rings. The Morgan fingerprint density at radius 3 is 1.38 bits per heavy atom. The number of hydrogen-bond donors (Lipinski definition) is 6. The van der Waals surface area contributed by atoms with E-state index in [1.807, 2.05) is 6.08 Å². The van der Waals surface area contributed by atoms with Crippen LogP contribution in [0, 0.1) is 0 Å². The summed E-state index contributed by atoms with van der Waals surface area (Å²) < 4.78 is 11.2. The van der Waals surface area contributed by atoms with Crippen molar-refractivity contribution < 1.29 is 39.8 Å². The molecule has 7 atom stereocenters. The lowest BCUT2D eigenvalue weighted by molar-refractivity contribution is -0.302. The molecule has 7 unspecified atom stereocenters. The van der Waals surface area contributed by atoms with Gasteiger partial charge in [-0.25, -0.2) is 0 Å². The number of carbonyl (C=O) groups is 1. The molecule has 9 heteroatoms. The van der Waals surface area contributed by atoms with Gasteiger partial charge in [0.2, 0.25) is 5.91 Å². The van der Waals surface area contributed by atoms with Crippen LogP contribution in [-0.4, -0.2) is 87.5 Å². The number of nitrogens with one attached hydrogen (secondary N) is 1. The molecule has 0 radical (unpaired) electrons. The molecule has 9 nitrogen and oxygen atoms in total. The van der Waals surface area contributed by atoms with Crippen LogP contribution in [0.5, 0.6) is 0 Å². The van der Waals surface area contributed by atoms with Gasteiger partial charge in [-0.3, -0.25) is 4.79 Å². The van der Waals surface area contributed by atoms with Crippen molar-refractivity contribution in [1.29, 1.82) is 0 Å². The average Bonchev–Trinajstić information content (AvgIpc) is 3.26. The van der Waals surface area contributed by atoms with E-state index in [2.05, 4.69) is 43.5 Å². The highest BCUT2D eigenvalue weighted by Crippen LogP contribution is 2.23. The largest absolute Gasteiger partial charge is 0.394 e. The molecule has 0 aromatic rings. The molecule has 61 heavy (non-hydrogen) atoms. The molecular formula is C52H97NO8. The van der Waals surface area contributed by atoms with E-state index in [9.17, 15) is 30.3 Å². The minimum Gasteiger partial charge on any atom is -0.394 e. The minimum absolute atomic E-state index is 0.203. The Labute approximate surface area is 374 Å². The first-order valence-electron chi connectivity index (χ1n) is 25.7.